The minimum absolute atomic E-state index is 0.0503. The zero-order chi connectivity index (χ0) is 15.6. The van der Waals surface area contributed by atoms with Gasteiger partial charge in [-0.25, -0.2) is 0 Å². The molecule has 9 heteroatoms. The second-order valence-electron chi connectivity index (χ2n) is 4.01. The normalized spacial score (nSPS) is 11.0. The summed E-state index contributed by atoms with van der Waals surface area (Å²) >= 11 is -4.72. The van der Waals surface area contributed by atoms with Crippen LogP contribution in [-0.2, 0) is 7.67 Å². The second-order valence-corrected chi connectivity index (χ2v) is 8.10. The van der Waals surface area contributed by atoms with Gasteiger partial charge in [0.05, 0.1) is 0 Å². The number of non-ortho nitro benzene ring substituents is 2. The first kappa shape index (κ1) is 14.8. The van der Waals surface area contributed by atoms with Crippen molar-refractivity contribution in [1.82, 2.24) is 0 Å². The van der Waals surface area contributed by atoms with E-state index in [1.807, 2.05) is 0 Å². The number of nitro benzene ring substituents is 2. The first-order valence-corrected chi connectivity index (χ1v) is 8.67. The number of hydrogen-bond donors (Lipinski definition) is 0. The van der Waals surface area contributed by atoms with Gasteiger partial charge >= 0.3 is 119 Å². The van der Waals surface area contributed by atoms with Crippen molar-refractivity contribution in [3.63, 3.8) is 0 Å². The molecule has 108 valence electrons. The van der Waals surface area contributed by atoms with Crippen LogP contribution < -0.4 is 8.92 Å². The predicted molar refractivity (Wildman–Crippen MR) is 72.6 cm³/mol. The number of nitro groups is 2. The van der Waals surface area contributed by atoms with Crippen LogP contribution in [0.3, 0.4) is 0 Å². The van der Waals surface area contributed by atoms with Gasteiger partial charge in [-0.3, -0.25) is 0 Å². The predicted octanol–water partition coefficient (Wildman–Crippen LogP) is 0.920. The van der Waals surface area contributed by atoms with E-state index in [0.717, 1.165) is 48.5 Å². The van der Waals surface area contributed by atoms with Gasteiger partial charge in [0.15, 0.2) is 0 Å². The standard InChI is InChI=1S/C12H8N2O6Se/c15-13(16)9-1-5-11(6-2-9)21(19,20)12-7-3-10(4-8-12)14(17)18/h1-8H. The third kappa shape index (κ3) is 2.93. The molecule has 0 radical (unpaired) electrons. The molecule has 21 heavy (non-hydrogen) atoms. The molecular formula is C12H8N2O6Se. The van der Waals surface area contributed by atoms with Crippen LogP contribution in [0.25, 0.3) is 0 Å². The van der Waals surface area contributed by atoms with Gasteiger partial charge in [-0.15, -0.1) is 0 Å². The fourth-order valence-corrected chi connectivity index (χ4v) is 4.28. The van der Waals surface area contributed by atoms with Gasteiger partial charge in [0.2, 0.25) is 0 Å². The third-order valence-electron chi connectivity index (χ3n) is 2.72. The number of nitrogens with zero attached hydrogens (tertiary/aromatic N) is 2. The van der Waals surface area contributed by atoms with Crippen molar-refractivity contribution in [2.24, 2.45) is 0 Å². The Morgan fingerprint density at radius 3 is 1.19 bits per heavy atom. The molecule has 0 atom stereocenters. The van der Waals surface area contributed by atoms with Crippen molar-refractivity contribution in [3.05, 3.63) is 68.8 Å². The summed E-state index contributed by atoms with van der Waals surface area (Å²) in [6, 6.07) is 9.01. The Balaban J connectivity index is 2.41. The van der Waals surface area contributed by atoms with Crippen molar-refractivity contribution in [2.75, 3.05) is 0 Å². The summed E-state index contributed by atoms with van der Waals surface area (Å²) in [7, 11) is 0. The third-order valence-corrected chi connectivity index (χ3v) is 6.46. The van der Waals surface area contributed by atoms with E-state index in [1.54, 1.807) is 0 Å². The molecule has 0 N–H and O–H groups in total. The van der Waals surface area contributed by atoms with Gasteiger partial charge in [0.1, 0.15) is 0 Å². The molecule has 0 unspecified atom stereocenters. The summed E-state index contributed by atoms with van der Waals surface area (Å²) in [5, 5.41) is 21.1. The van der Waals surface area contributed by atoms with Crippen molar-refractivity contribution < 1.29 is 17.5 Å². The van der Waals surface area contributed by atoms with Crippen molar-refractivity contribution in [1.29, 1.82) is 0 Å². The Morgan fingerprint density at radius 2 is 0.952 bits per heavy atom. The van der Waals surface area contributed by atoms with Crippen LogP contribution in [0.1, 0.15) is 0 Å². The second kappa shape index (κ2) is 5.39. The van der Waals surface area contributed by atoms with Gasteiger partial charge in [0.25, 0.3) is 0 Å². The molecule has 0 heterocycles. The van der Waals surface area contributed by atoms with E-state index in [0.29, 0.717) is 0 Å². The molecule has 2 aromatic rings. The van der Waals surface area contributed by atoms with E-state index in [1.165, 1.54) is 0 Å². The molecule has 0 fully saturated rings. The average molecular weight is 355 g/mol. The van der Waals surface area contributed by atoms with Gasteiger partial charge in [-0.2, -0.15) is 0 Å². The number of benzene rings is 2. The average Bonchev–Trinajstić information content (AvgIpc) is 2.47. The minimum atomic E-state index is -4.72. The van der Waals surface area contributed by atoms with Crippen LogP contribution in [0.2, 0.25) is 0 Å². The Labute approximate surface area is 120 Å². The van der Waals surface area contributed by atoms with E-state index < -0.39 is 22.6 Å². The van der Waals surface area contributed by atoms with Crippen LogP contribution >= 0.6 is 0 Å². The summed E-state index contributed by atoms with van der Waals surface area (Å²) in [6.45, 7) is 0. The van der Waals surface area contributed by atoms with Crippen LogP contribution in [-0.4, -0.2) is 22.6 Å². The van der Waals surface area contributed by atoms with Gasteiger partial charge < -0.3 is 0 Å². The molecule has 0 spiro atoms. The zero-order valence-corrected chi connectivity index (χ0v) is 12.1. The van der Waals surface area contributed by atoms with E-state index in [-0.39, 0.29) is 20.3 Å². The maximum atomic E-state index is 12.3. The Hall–Kier alpha value is -2.64. The molecule has 0 aromatic heterocycles. The molecular weight excluding hydrogens is 347 g/mol. The van der Waals surface area contributed by atoms with E-state index in [2.05, 4.69) is 0 Å². The van der Waals surface area contributed by atoms with Gasteiger partial charge in [-0.05, 0) is 0 Å². The van der Waals surface area contributed by atoms with Crippen LogP contribution in [0.5, 0.6) is 0 Å². The molecule has 0 saturated carbocycles. The molecule has 2 rings (SSSR count). The van der Waals surface area contributed by atoms with E-state index in [9.17, 15) is 27.9 Å². The Bertz CT molecular complexity index is 733. The molecule has 0 amide bonds. The Morgan fingerprint density at radius 1 is 0.667 bits per heavy atom. The molecule has 2 aromatic carbocycles. The zero-order valence-electron chi connectivity index (χ0n) is 10.4. The topological polar surface area (TPSA) is 120 Å². The molecule has 0 bridgehead atoms. The maximum absolute atomic E-state index is 12.3. The molecule has 0 aliphatic heterocycles. The fourth-order valence-electron chi connectivity index (χ4n) is 1.63. The van der Waals surface area contributed by atoms with E-state index >= 15 is 0 Å². The van der Waals surface area contributed by atoms with E-state index in [4.69, 9.17) is 0 Å². The summed E-state index contributed by atoms with van der Waals surface area (Å²) < 4.78 is 24.6. The van der Waals surface area contributed by atoms with Crippen LogP contribution in [0, 0.1) is 20.2 Å². The van der Waals surface area contributed by atoms with Crippen LogP contribution in [0.4, 0.5) is 11.4 Å². The van der Waals surface area contributed by atoms with Crippen LogP contribution in [0.15, 0.2) is 48.5 Å². The summed E-state index contributed by atoms with van der Waals surface area (Å²) in [6.07, 6.45) is 0. The fraction of sp³-hybridized carbons (Fsp3) is 0. The van der Waals surface area contributed by atoms with Gasteiger partial charge in [-0.1, -0.05) is 0 Å². The monoisotopic (exact) mass is 356 g/mol. The quantitative estimate of drug-likeness (QED) is 0.457. The van der Waals surface area contributed by atoms with Crippen molar-refractivity contribution in [2.45, 2.75) is 0 Å². The summed E-state index contributed by atoms with van der Waals surface area (Å²) in [5.41, 5.74) is -0.425. The van der Waals surface area contributed by atoms with Crippen molar-refractivity contribution in [3.8, 4) is 0 Å². The number of rotatable bonds is 4. The first-order valence-electron chi connectivity index (χ1n) is 5.56. The molecule has 0 saturated heterocycles. The number of hydrogen-bond acceptors (Lipinski definition) is 6. The van der Waals surface area contributed by atoms with Crippen molar-refractivity contribution >= 4 is 33.0 Å². The summed E-state index contributed by atoms with van der Waals surface area (Å²) in [5.74, 6) is 0. The molecule has 8 nitrogen and oxygen atoms in total. The Kier molecular flexibility index (Phi) is 3.79. The first-order chi connectivity index (χ1) is 9.82. The SMILES string of the molecule is O=[N+]([O-])c1ccc([Se](=O)(=O)c2ccc([N+](=O)[O-])cc2)cc1. The molecule has 0 aliphatic rings. The summed E-state index contributed by atoms with van der Waals surface area (Å²) in [4.78, 5) is 19.8. The molecule has 0 aliphatic carbocycles. The van der Waals surface area contributed by atoms with Gasteiger partial charge in [0, 0.05) is 0 Å².